The Kier molecular flexibility index (Phi) is 6.36. The maximum atomic E-state index is 12.1. The summed E-state index contributed by atoms with van der Waals surface area (Å²) >= 11 is 7.53. The minimum atomic E-state index is -0.379. The summed E-state index contributed by atoms with van der Waals surface area (Å²) in [5, 5.41) is 1.68. The molecule has 1 aromatic rings. The van der Waals surface area contributed by atoms with Crippen molar-refractivity contribution in [3.63, 3.8) is 0 Å². The number of halogens is 1. The van der Waals surface area contributed by atoms with Crippen molar-refractivity contribution in [1.29, 1.82) is 0 Å². The van der Waals surface area contributed by atoms with E-state index in [-0.39, 0.29) is 11.4 Å². The van der Waals surface area contributed by atoms with E-state index in [1.54, 1.807) is 11.8 Å². The lowest BCUT2D eigenvalue weighted by atomic mass is 9.80. The van der Waals surface area contributed by atoms with Crippen molar-refractivity contribution in [1.82, 2.24) is 4.90 Å². The Balaban J connectivity index is 2.05. The van der Waals surface area contributed by atoms with E-state index in [0.29, 0.717) is 11.6 Å². The summed E-state index contributed by atoms with van der Waals surface area (Å²) in [6.45, 7) is 5.90. The van der Waals surface area contributed by atoms with E-state index >= 15 is 0 Å². The van der Waals surface area contributed by atoms with E-state index < -0.39 is 0 Å². The third kappa shape index (κ3) is 4.64. The molecule has 0 unspecified atom stereocenters. The van der Waals surface area contributed by atoms with E-state index in [9.17, 15) is 4.79 Å². The molecule has 1 aromatic carbocycles. The highest BCUT2D eigenvalue weighted by Gasteiger charge is 2.38. The number of rotatable bonds is 3. The number of aliphatic imine (C=N–C) groups is 1. The van der Waals surface area contributed by atoms with Crippen molar-refractivity contribution in [2.45, 2.75) is 26.7 Å². The summed E-state index contributed by atoms with van der Waals surface area (Å²) in [4.78, 5) is 19.0. The predicted molar refractivity (Wildman–Crippen MR) is 97.6 cm³/mol. The van der Waals surface area contributed by atoms with E-state index in [0.717, 1.165) is 36.8 Å². The smallest absolute Gasteiger partial charge is 0.311 e. The van der Waals surface area contributed by atoms with Crippen LogP contribution in [0.5, 0.6) is 0 Å². The Hall–Kier alpha value is -1.20. The lowest BCUT2D eigenvalue weighted by molar-refractivity contribution is -0.156. The van der Waals surface area contributed by atoms with Crippen molar-refractivity contribution in [3.05, 3.63) is 29.3 Å². The highest BCUT2D eigenvalue weighted by atomic mass is 35.5. The third-order valence-electron chi connectivity index (χ3n) is 4.14. The van der Waals surface area contributed by atoms with Crippen LogP contribution >= 0.6 is 23.4 Å². The second-order valence-electron chi connectivity index (χ2n) is 5.84. The first kappa shape index (κ1) is 18.1. The zero-order valence-corrected chi connectivity index (χ0v) is 15.4. The fourth-order valence-electron chi connectivity index (χ4n) is 2.57. The number of hydrogen-bond donors (Lipinski definition) is 0. The standard InChI is InChI=1S/C17H23ClN2O2S/c1-4-22-15(21)17(2)9-11-20(12-10-17)16(23-3)19-14-7-5-13(18)6-8-14/h5-8H,4,9-12H2,1-3H3/b19-16-. The van der Waals surface area contributed by atoms with Crippen molar-refractivity contribution in [3.8, 4) is 0 Å². The molecule has 6 heteroatoms. The van der Waals surface area contributed by atoms with Gasteiger partial charge in [0.05, 0.1) is 17.7 Å². The topological polar surface area (TPSA) is 41.9 Å². The van der Waals surface area contributed by atoms with Gasteiger partial charge in [0.15, 0.2) is 5.17 Å². The molecule has 0 bridgehead atoms. The fraction of sp³-hybridized carbons (Fsp3) is 0.529. The molecule has 4 nitrogen and oxygen atoms in total. The first-order chi connectivity index (χ1) is 11.0. The maximum absolute atomic E-state index is 12.1. The first-order valence-electron chi connectivity index (χ1n) is 7.79. The van der Waals surface area contributed by atoms with E-state index in [2.05, 4.69) is 4.90 Å². The molecule has 0 atom stereocenters. The van der Waals surface area contributed by atoms with E-state index in [1.807, 2.05) is 44.4 Å². The van der Waals surface area contributed by atoms with Crippen LogP contribution < -0.4 is 0 Å². The van der Waals surface area contributed by atoms with Gasteiger partial charge >= 0.3 is 5.97 Å². The van der Waals surface area contributed by atoms with Gasteiger partial charge in [-0.25, -0.2) is 4.99 Å². The Bertz CT molecular complexity index is 566. The molecule has 0 spiro atoms. The van der Waals surface area contributed by atoms with Gasteiger partial charge in [0.2, 0.25) is 0 Å². The second kappa shape index (κ2) is 8.06. The van der Waals surface area contributed by atoms with Gasteiger partial charge in [-0.1, -0.05) is 23.4 Å². The minimum Gasteiger partial charge on any atom is -0.466 e. The van der Waals surface area contributed by atoms with Gasteiger partial charge in [0, 0.05) is 18.1 Å². The van der Waals surface area contributed by atoms with Gasteiger partial charge < -0.3 is 9.64 Å². The number of esters is 1. The van der Waals surface area contributed by atoms with Crippen molar-refractivity contribution in [2.24, 2.45) is 10.4 Å². The average molecular weight is 355 g/mol. The lowest BCUT2D eigenvalue weighted by Gasteiger charge is -2.38. The van der Waals surface area contributed by atoms with Crippen LogP contribution in [0.3, 0.4) is 0 Å². The molecule has 0 aromatic heterocycles. The molecule has 1 heterocycles. The molecule has 1 aliphatic heterocycles. The molecule has 2 rings (SSSR count). The van der Waals surface area contributed by atoms with Crippen LogP contribution in [0.1, 0.15) is 26.7 Å². The number of carbonyl (C=O) groups excluding carboxylic acids is 1. The van der Waals surface area contributed by atoms with Crippen LogP contribution in [-0.4, -0.2) is 42.0 Å². The predicted octanol–water partition coefficient (Wildman–Crippen LogP) is 4.36. The molecule has 23 heavy (non-hydrogen) atoms. The zero-order valence-electron chi connectivity index (χ0n) is 13.8. The molecular weight excluding hydrogens is 332 g/mol. The fourth-order valence-corrected chi connectivity index (χ4v) is 3.34. The zero-order chi connectivity index (χ0) is 16.9. The van der Waals surface area contributed by atoms with Gasteiger partial charge in [-0.2, -0.15) is 0 Å². The van der Waals surface area contributed by atoms with Gasteiger partial charge in [-0.3, -0.25) is 4.79 Å². The normalized spacial score (nSPS) is 17.9. The number of ether oxygens (including phenoxy) is 1. The van der Waals surface area contributed by atoms with Crippen LogP contribution in [0, 0.1) is 5.41 Å². The van der Waals surface area contributed by atoms with Crippen LogP contribution in [0.2, 0.25) is 5.02 Å². The number of likely N-dealkylation sites (tertiary alicyclic amines) is 1. The monoisotopic (exact) mass is 354 g/mol. The summed E-state index contributed by atoms with van der Waals surface area (Å²) in [5.74, 6) is -0.0833. The maximum Gasteiger partial charge on any atom is 0.311 e. The molecule has 1 fully saturated rings. The summed E-state index contributed by atoms with van der Waals surface area (Å²) in [5.41, 5.74) is 0.508. The Morgan fingerprint density at radius 2 is 1.96 bits per heavy atom. The number of piperidine rings is 1. The van der Waals surface area contributed by atoms with Crippen molar-refractivity contribution >= 4 is 40.2 Å². The molecule has 0 aliphatic carbocycles. The highest BCUT2D eigenvalue weighted by molar-refractivity contribution is 8.13. The van der Waals surface area contributed by atoms with Gasteiger partial charge in [-0.05, 0) is 57.2 Å². The molecule has 0 amide bonds. The first-order valence-corrected chi connectivity index (χ1v) is 9.39. The van der Waals surface area contributed by atoms with Gasteiger partial charge in [0.25, 0.3) is 0 Å². The van der Waals surface area contributed by atoms with Crippen molar-refractivity contribution in [2.75, 3.05) is 26.0 Å². The number of thioether (sulfide) groups is 1. The molecule has 1 aliphatic rings. The molecule has 126 valence electrons. The number of amidine groups is 1. The number of benzene rings is 1. The molecule has 1 saturated heterocycles. The highest BCUT2D eigenvalue weighted by Crippen LogP contribution is 2.33. The van der Waals surface area contributed by atoms with Crippen LogP contribution in [-0.2, 0) is 9.53 Å². The Morgan fingerprint density at radius 1 is 1.35 bits per heavy atom. The Labute approximate surface area is 147 Å². The summed E-state index contributed by atoms with van der Waals surface area (Å²) in [6, 6.07) is 7.50. The van der Waals surface area contributed by atoms with Gasteiger partial charge in [0.1, 0.15) is 0 Å². The van der Waals surface area contributed by atoms with Crippen molar-refractivity contribution < 1.29 is 9.53 Å². The summed E-state index contributed by atoms with van der Waals surface area (Å²) in [7, 11) is 0. The molecule has 0 saturated carbocycles. The second-order valence-corrected chi connectivity index (χ2v) is 7.05. The number of carbonyl (C=O) groups is 1. The molecule has 0 radical (unpaired) electrons. The van der Waals surface area contributed by atoms with E-state index in [4.69, 9.17) is 21.3 Å². The minimum absolute atomic E-state index is 0.0833. The van der Waals surface area contributed by atoms with Crippen LogP contribution in [0.4, 0.5) is 5.69 Å². The summed E-state index contributed by atoms with van der Waals surface area (Å²) < 4.78 is 5.21. The SMILES string of the molecule is CCOC(=O)C1(C)CCN(/C(=N/c2ccc(Cl)cc2)SC)CC1. The van der Waals surface area contributed by atoms with E-state index in [1.165, 1.54) is 0 Å². The number of hydrogen-bond acceptors (Lipinski definition) is 4. The Morgan fingerprint density at radius 3 is 2.48 bits per heavy atom. The van der Waals surface area contributed by atoms with Crippen LogP contribution in [0.25, 0.3) is 0 Å². The lowest BCUT2D eigenvalue weighted by Crippen LogP contribution is -2.45. The quantitative estimate of drug-likeness (QED) is 0.459. The average Bonchev–Trinajstić information content (AvgIpc) is 2.55. The largest absolute Gasteiger partial charge is 0.466 e. The number of nitrogens with zero attached hydrogens (tertiary/aromatic N) is 2. The van der Waals surface area contributed by atoms with Crippen LogP contribution in [0.15, 0.2) is 29.3 Å². The molecule has 0 N–H and O–H groups in total. The molecular formula is C17H23ClN2O2S. The van der Waals surface area contributed by atoms with Gasteiger partial charge in [-0.15, -0.1) is 0 Å². The summed E-state index contributed by atoms with van der Waals surface area (Å²) in [6.07, 6.45) is 3.59. The third-order valence-corrected chi connectivity index (χ3v) is 5.11.